The van der Waals surface area contributed by atoms with E-state index in [1.165, 1.54) is 26.9 Å². The molecule has 3 fully saturated rings. The number of benzene rings is 1. The molecule has 0 radical (unpaired) electrons. The largest absolute Gasteiger partial charge is 0.349 e. The number of fused-ring (bicyclic) bond motifs is 1. The minimum absolute atomic E-state index is 0.0970. The molecule has 42 heavy (non-hydrogen) atoms. The smallest absolute Gasteiger partial charge is 0.333 e. The van der Waals surface area contributed by atoms with Gasteiger partial charge in [-0.3, -0.25) is 28.3 Å². The van der Waals surface area contributed by atoms with Crippen molar-refractivity contribution in [1.29, 1.82) is 0 Å². The fraction of sp³-hybridized carbons (Fsp3) is 0.448. The molecule has 0 bridgehead atoms. The summed E-state index contributed by atoms with van der Waals surface area (Å²) in [5, 5.41) is 3.15. The van der Waals surface area contributed by atoms with Crippen LogP contribution in [0.2, 0.25) is 0 Å². The number of nitrogens with one attached hydrogen (secondary N) is 1. The lowest BCUT2D eigenvalue weighted by Gasteiger charge is -2.31. The molecule has 1 aromatic carbocycles. The van der Waals surface area contributed by atoms with Crippen LogP contribution in [0.4, 0.5) is 10.1 Å². The topological polar surface area (TPSA) is 123 Å². The molecule has 4 heterocycles. The summed E-state index contributed by atoms with van der Waals surface area (Å²) < 4.78 is 18.4. The molecule has 1 saturated carbocycles. The second-order valence-electron chi connectivity index (χ2n) is 10.8. The number of thioether (sulfide) groups is 1. The second-order valence-corrected chi connectivity index (χ2v) is 13.1. The third-order valence-electron chi connectivity index (χ3n) is 8.21. The van der Waals surface area contributed by atoms with Gasteiger partial charge in [0.2, 0.25) is 5.78 Å². The van der Waals surface area contributed by atoms with Gasteiger partial charge in [-0.15, -0.1) is 0 Å². The van der Waals surface area contributed by atoms with Crippen molar-refractivity contribution in [2.24, 2.45) is 0 Å². The summed E-state index contributed by atoms with van der Waals surface area (Å²) in [6.45, 7) is 0. The molecule has 2 aromatic heterocycles. The van der Waals surface area contributed by atoms with Crippen LogP contribution >= 0.6 is 23.7 Å². The Bertz CT molecular complexity index is 1660. The highest BCUT2D eigenvalue weighted by Crippen LogP contribution is 2.31. The van der Waals surface area contributed by atoms with Gasteiger partial charge in [-0.25, -0.2) is 18.5 Å². The molecular weight excluding hydrogens is 581 g/mol. The highest BCUT2D eigenvalue weighted by atomic mass is 32.2. The fourth-order valence-electron chi connectivity index (χ4n) is 5.99. The van der Waals surface area contributed by atoms with Crippen LogP contribution in [0.3, 0.4) is 0 Å². The summed E-state index contributed by atoms with van der Waals surface area (Å²) in [4.78, 5) is 68.3. The van der Waals surface area contributed by atoms with E-state index in [0.717, 1.165) is 30.5 Å². The molecule has 13 heteroatoms. The Morgan fingerprint density at radius 3 is 2.31 bits per heavy atom. The quantitative estimate of drug-likeness (QED) is 0.343. The maximum Gasteiger partial charge on any atom is 0.333 e. The molecular formula is C29H30FN5O5S2. The van der Waals surface area contributed by atoms with Crippen molar-refractivity contribution >= 4 is 58.0 Å². The molecule has 0 atom stereocenters. The van der Waals surface area contributed by atoms with E-state index in [0.29, 0.717) is 42.7 Å². The lowest BCUT2D eigenvalue weighted by Crippen LogP contribution is -2.46. The summed E-state index contributed by atoms with van der Waals surface area (Å²) in [6, 6.07) is 7.11. The van der Waals surface area contributed by atoms with Crippen LogP contribution in [0, 0.1) is 5.82 Å². The zero-order chi connectivity index (χ0) is 29.4. The number of hydrogen-bond acceptors (Lipinski definition) is 8. The molecule has 2 saturated heterocycles. The molecule has 1 aliphatic carbocycles. The van der Waals surface area contributed by atoms with Crippen LogP contribution in [-0.4, -0.2) is 55.0 Å². The normalized spacial score (nSPS) is 22.0. The maximum atomic E-state index is 14.2. The number of aromatic nitrogens is 3. The van der Waals surface area contributed by atoms with Crippen LogP contribution < -0.4 is 20.9 Å². The molecule has 2 aliphatic heterocycles. The van der Waals surface area contributed by atoms with Gasteiger partial charge in [-0.2, -0.15) is 11.8 Å². The molecule has 220 valence electrons. The molecule has 3 aromatic rings. The Balaban J connectivity index is 1.16. The number of pyridine rings is 1. The van der Waals surface area contributed by atoms with Gasteiger partial charge in [0.05, 0.1) is 17.3 Å². The summed E-state index contributed by atoms with van der Waals surface area (Å²) in [5.74, 6) is 0.473. The van der Waals surface area contributed by atoms with Crippen molar-refractivity contribution < 1.29 is 18.8 Å². The fourth-order valence-corrected chi connectivity index (χ4v) is 8.03. The Labute approximate surface area is 249 Å². The van der Waals surface area contributed by atoms with Gasteiger partial charge in [0.25, 0.3) is 11.5 Å². The number of rotatable bonds is 5. The number of Topliss-reactive ketones (excluding diaryl/α,β-unsaturated/α-hetero) is 1. The third kappa shape index (κ3) is 5.51. The van der Waals surface area contributed by atoms with Crippen molar-refractivity contribution in [2.45, 2.75) is 63.1 Å². The Hall–Kier alpha value is -3.45. The first-order chi connectivity index (χ1) is 20.3. The molecule has 0 unspecified atom stereocenters. The lowest BCUT2D eigenvalue weighted by molar-refractivity contribution is -0.135. The first-order valence-electron chi connectivity index (χ1n) is 14.1. The second kappa shape index (κ2) is 12.0. The van der Waals surface area contributed by atoms with E-state index in [1.54, 1.807) is 28.8 Å². The van der Waals surface area contributed by atoms with Gasteiger partial charge >= 0.3 is 11.6 Å². The van der Waals surface area contributed by atoms with Gasteiger partial charge in [0.1, 0.15) is 11.5 Å². The maximum absolute atomic E-state index is 14.2. The Kier molecular flexibility index (Phi) is 8.22. The number of carbonyl (C=O) groups is 3. The Morgan fingerprint density at radius 1 is 0.905 bits per heavy atom. The number of nitrogens with zero attached hydrogens (tertiary/aromatic N) is 4. The Morgan fingerprint density at radius 2 is 1.60 bits per heavy atom. The standard InChI is InChI=1S/C29H30FN5O5S2/c30-18-15-23-25(31-16-18)33(21-9-12-41-13-10-21)29(40)34(27(23)38)20-7-3-19(4-8-20)32-26(37)17-1-5-22(6-2-17)35-28(39)24(36)11-14-42-35/h1-2,5-6,15-16,19-21H,3-4,7-14H2,(H,32,37). The number of anilines is 1. The van der Waals surface area contributed by atoms with Crippen molar-refractivity contribution in [3.8, 4) is 0 Å². The summed E-state index contributed by atoms with van der Waals surface area (Å²) in [7, 11) is 0. The molecule has 6 rings (SSSR count). The van der Waals surface area contributed by atoms with E-state index >= 15 is 0 Å². The average Bonchev–Trinajstić information content (AvgIpc) is 3.00. The average molecular weight is 612 g/mol. The monoisotopic (exact) mass is 611 g/mol. The first kappa shape index (κ1) is 28.7. The SMILES string of the molecule is O=C1CCSN(c2ccc(C(=O)NC3CCC(n4c(=O)c5cc(F)cnc5n(C5CCSCC5)c4=O)CC3)cc2)C1=O. The summed E-state index contributed by atoms with van der Waals surface area (Å²) in [6.07, 6.45) is 5.00. The molecule has 10 nitrogen and oxygen atoms in total. The van der Waals surface area contributed by atoms with Crippen LogP contribution in [0.25, 0.3) is 11.0 Å². The van der Waals surface area contributed by atoms with Gasteiger partial charge in [0.15, 0.2) is 0 Å². The van der Waals surface area contributed by atoms with E-state index in [1.807, 2.05) is 11.8 Å². The van der Waals surface area contributed by atoms with E-state index in [9.17, 15) is 28.4 Å². The molecule has 0 spiro atoms. The zero-order valence-corrected chi connectivity index (χ0v) is 24.4. The number of amides is 2. The van der Waals surface area contributed by atoms with Gasteiger partial charge < -0.3 is 5.32 Å². The van der Waals surface area contributed by atoms with E-state index in [2.05, 4.69) is 10.3 Å². The first-order valence-corrected chi connectivity index (χ1v) is 16.2. The van der Waals surface area contributed by atoms with Crippen molar-refractivity contribution in [3.05, 3.63) is 68.7 Å². The van der Waals surface area contributed by atoms with E-state index < -0.39 is 28.8 Å². The summed E-state index contributed by atoms with van der Waals surface area (Å²) in [5.41, 5.74) is 0.284. The van der Waals surface area contributed by atoms with E-state index in [-0.39, 0.29) is 41.5 Å². The van der Waals surface area contributed by atoms with Crippen LogP contribution in [0.5, 0.6) is 0 Å². The number of ketones is 1. The van der Waals surface area contributed by atoms with Crippen LogP contribution in [0.15, 0.2) is 46.1 Å². The predicted octanol–water partition coefficient (Wildman–Crippen LogP) is 3.63. The van der Waals surface area contributed by atoms with Crippen molar-refractivity contribution in [3.63, 3.8) is 0 Å². The third-order valence-corrected chi connectivity index (χ3v) is 10.3. The highest BCUT2D eigenvalue weighted by molar-refractivity contribution is 8.01. The van der Waals surface area contributed by atoms with Crippen LogP contribution in [-0.2, 0) is 9.59 Å². The number of hydrogen-bond donors (Lipinski definition) is 1. The number of halogens is 1. The van der Waals surface area contributed by atoms with Gasteiger partial charge in [-0.1, -0.05) is 0 Å². The van der Waals surface area contributed by atoms with Gasteiger partial charge in [0, 0.05) is 35.9 Å². The molecule has 1 N–H and O–H groups in total. The van der Waals surface area contributed by atoms with Crippen LogP contribution in [0.1, 0.15) is 67.4 Å². The van der Waals surface area contributed by atoms with Crippen molar-refractivity contribution in [1.82, 2.24) is 19.4 Å². The van der Waals surface area contributed by atoms with Crippen molar-refractivity contribution in [2.75, 3.05) is 21.6 Å². The number of carbonyl (C=O) groups excluding carboxylic acids is 3. The van der Waals surface area contributed by atoms with Gasteiger partial charge in [-0.05, 0) is 92.3 Å². The lowest BCUT2D eigenvalue weighted by atomic mass is 9.90. The molecule has 3 aliphatic rings. The minimum Gasteiger partial charge on any atom is -0.349 e. The van der Waals surface area contributed by atoms with E-state index in [4.69, 9.17) is 0 Å². The minimum atomic E-state index is -0.621. The highest BCUT2D eigenvalue weighted by Gasteiger charge is 2.31. The molecule has 2 amide bonds. The zero-order valence-electron chi connectivity index (χ0n) is 22.8. The predicted molar refractivity (Wildman–Crippen MR) is 161 cm³/mol. The summed E-state index contributed by atoms with van der Waals surface area (Å²) >= 11 is 3.10.